The Balaban J connectivity index is 1.97. The highest BCUT2D eigenvalue weighted by molar-refractivity contribution is 5.41. The van der Waals surface area contributed by atoms with Gasteiger partial charge in [0, 0.05) is 46.5 Å². The van der Waals surface area contributed by atoms with E-state index in [9.17, 15) is 20.2 Å². The van der Waals surface area contributed by atoms with Gasteiger partial charge in [0.1, 0.15) is 31.0 Å². The fourth-order valence-electron chi connectivity index (χ4n) is 4.29. The van der Waals surface area contributed by atoms with Crippen LogP contribution in [-0.4, -0.2) is 124 Å². The van der Waals surface area contributed by atoms with Gasteiger partial charge in [0.25, 0.3) is 0 Å². The van der Waals surface area contributed by atoms with Crippen LogP contribution in [0.15, 0.2) is 5.18 Å². The van der Waals surface area contributed by atoms with Gasteiger partial charge in [-0.15, -0.1) is 0 Å². The molecule has 0 amide bonds. The molecule has 0 aromatic carbocycles. The van der Waals surface area contributed by atoms with Gasteiger partial charge in [-0.25, -0.2) is 0 Å². The standard InChI is InChI=1S/C22H40N2O12/c1-12(15(30-3)5-13(9-25)29-2)10-32-21-14(26)6-17(22(36-21)33-11-23)34-19-7-16(31-4)20(27)18(35-19)8-24-28/h11-23,25-27H,5-10H2,1-4H3/t12?,13-,14-,15?,16?,17-,18?,19-,20?,21+,22?/m0/s1. The molecule has 0 aliphatic carbocycles. The molecule has 4 N–H and O–H groups in total. The Bertz CT molecular complexity index is 642. The average Bonchev–Trinajstić information content (AvgIpc) is 2.87. The maximum Gasteiger partial charge on any atom is 0.230 e. The van der Waals surface area contributed by atoms with E-state index < -0.39 is 49.4 Å². The summed E-state index contributed by atoms with van der Waals surface area (Å²) in [5, 5.41) is 40.4. The molecule has 11 atom stereocenters. The molecule has 0 aromatic heterocycles. The van der Waals surface area contributed by atoms with Crippen molar-refractivity contribution in [2.24, 2.45) is 11.1 Å². The Labute approximate surface area is 210 Å². The van der Waals surface area contributed by atoms with Crippen LogP contribution in [0, 0.1) is 16.2 Å². The van der Waals surface area contributed by atoms with E-state index in [0.29, 0.717) is 12.8 Å². The lowest BCUT2D eigenvalue weighted by atomic mass is 9.99. The Kier molecular flexibility index (Phi) is 13.6. The minimum Gasteiger partial charge on any atom is -0.452 e. The molecule has 2 heterocycles. The van der Waals surface area contributed by atoms with Gasteiger partial charge >= 0.3 is 0 Å². The predicted molar refractivity (Wildman–Crippen MR) is 123 cm³/mol. The average molecular weight is 525 g/mol. The Morgan fingerprint density at radius 3 is 2.44 bits per heavy atom. The monoisotopic (exact) mass is 524 g/mol. The minimum absolute atomic E-state index is 0.0399. The topological polar surface area (TPSA) is 188 Å². The van der Waals surface area contributed by atoms with Crippen molar-refractivity contribution in [3.63, 3.8) is 0 Å². The van der Waals surface area contributed by atoms with Crippen LogP contribution in [0.4, 0.5) is 0 Å². The first-order chi connectivity index (χ1) is 17.3. The van der Waals surface area contributed by atoms with Gasteiger partial charge in [0.2, 0.25) is 6.29 Å². The van der Waals surface area contributed by atoms with Gasteiger partial charge in [-0.1, -0.05) is 12.1 Å². The smallest absolute Gasteiger partial charge is 0.230 e. The van der Waals surface area contributed by atoms with Crippen LogP contribution in [-0.2, 0) is 37.9 Å². The third-order valence-electron chi connectivity index (χ3n) is 6.45. The SMILES string of the molecule is COC(C[C@@H](CO)OC)C(C)CO[C@@H]1OC(OC=N)[C@@H](O[C@@H]2CC(OC)C(O)C(CN=O)O2)C[C@@H]1O. The molecule has 14 heteroatoms. The number of hydrogen-bond donors (Lipinski definition) is 4. The van der Waals surface area contributed by atoms with E-state index in [1.807, 2.05) is 6.92 Å². The fraction of sp³-hybridized carbons (Fsp3) is 0.955. The minimum atomic E-state index is -1.09. The number of rotatable bonds is 16. The molecule has 36 heavy (non-hydrogen) atoms. The van der Waals surface area contributed by atoms with Gasteiger partial charge < -0.3 is 53.2 Å². The summed E-state index contributed by atoms with van der Waals surface area (Å²) >= 11 is 0. The summed E-state index contributed by atoms with van der Waals surface area (Å²) in [4.78, 5) is 10.7. The molecule has 6 unspecified atom stereocenters. The summed E-state index contributed by atoms with van der Waals surface area (Å²) < 4.78 is 44.4. The summed E-state index contributed by atoms with van der Waals surface area (Å²) in [6.07, 6.45) is -6.90. The maximum atomic E-state index is 10.7. The summed E-state index contributed by atoms with van der Waals surface area (Å²) in [5.41, 5.74) is 0. The lowest BCUT2D eigenvalue weighted by Gasteiger charge is -2.42. The third-order valence-corrected chi connectivity index (χ3v) is 6.45. The second kappa shape index (κ2) is 15.8. The summed E-state index contributed by atoms with van der Waals surface area (Å²) in [6, 6.07) is 0. The molecule has 0 radical (unpaired) electrons. The van der Waals surface area contributed by atoms with Crippen LogP contribution >= 0.6 is 0 Å². The quantitative estimate of drug-likeness (QED) is 0.118. The lowest BCUT2D eigenvalue weighted by molar-refractivity contribution is -0.346. The Hall–Kier alpha value is -1.33. The number of nitroso groups, excluding NO2 is 1. The van der Waals surface area contributed by atoms with Gasteiger partial charge in [0.05, 0.1) is 31.5 Å². The van der Waals surface area contributed by atoms with Crippen LogP contribution < -0.4 is 0 Å². The highest BCUT2D eigenvalue weighted by atomic mass is 16.8. The highest BCUT2D eigenvalue weighted by Gasteiger charge is 2.44. The molecule has 2 saturated heterocycles. The van der Waals surface area contributed by atoms with Crippen molar-refractivity contribution in [3.8, 4) is 0 Å². The number of hydrogen-bond acceptors (Lipinski definition) is 14. The van der Waals surface area contributed by atoms with Crippen molar-refractivity contribution in [1.29, 1.82) is 5.41 Å². The summed E-state index contributed by atoms with van der Waals surface area (Å²) in [7, 11) is 4.49. The van der Waals surface area contributed by atoms with E-state index in [0.717, 1.165) is 0 Å². The summed E-state index contributed by atoms with van der Waals surface area (Å²) in [6.45, 7) is 1.64. The second-order valence-corrected chi connectivity index (χ2v) is 8.88. The van der Waals surface area contributed by atoms with E-state index >= 15 is 0 Å². The van der Waals surface area contributed by atoms with Gasteiger partial charge in [-0.3, -0.25) is 5.41 Å². The van der Waals surface area contributed by atoms with Crippen LogP contribution in [0.1, 0.15) is 26.2 Å². The molecule has 0 aromatic rings. The zero-order valence-electron chi connectivity index (χ0n) is 21.1. The van der Waals surface area contributed by atoms with Crippen molar-refractivity contribution >= 4 is 6.40 Å². The van der Waals surface area contributed by atoms with Crippen LogP contribution in [0.25, 0.3) is 0 Å². The molecule has 2 aliphatic rings. The van der Waals surface area contributed by atoms with E-state index in [1.165, 1.54) is 14.2 Å². The van der Waals surface area contributed by atoms with Crippen molar-refractivity contribution in [3.05, 3.63) is 4.91 Å². The van der Waals surface area contributed by atoms with Gasteiger partial charge in [-0.2, -0.15) is 4.91 Å². The summed E-state index contributed by atoms with van der Waals surface area (Å²) in [5.74, 6) is -0.123. The van der Waals surface area contributed by atoms with Crippen molar-refractivity contribution in [2.75, 3.05) is 41.1 Å². The number of aliphatic hydroxyl groups is 3. The first-order valence-electron chi connectivity index (χ1n) is 11.9. The van der Waals surface area contributed by atoms with E-state index in [2.05, 4.69) is 5.18 Å². The fourth-order valence-corrected chi connectivity index (χ4v) is 4.29. The van der Waals surface area contributed by atoms with Crippen LogP contribution in [0.5, 0.6) is 0 Å². The van der Waals surface area contributed by atoms with Gasteiger partial charge in [-0.05, 0) is 0 Å². The van der Waals surface area contributed by atoms with E-state index in [4.69, 9.17) is 43.3 Å². The maximum absolute atomic E-state index is 10.7. The molecule has 2 rings (SSSR count). The molecule has 2 fully saturated rings. The molecule has 14 nitrogen and oxygen atoms in total. The number of aliphatic hydroxyl groups excluding tert-OH is 3. The molecule has 0 spiro atoms. The number of nitrogens with one attached hydrogen (secondary N) is 1. The zero-order valence-corrected chi connectivity index (χ0v) is 21.1. The Morgan fingerprint density at radius 1 is 1.11 bits per heavy atom. The third kappa shape index (κ3) is 8.62. The molecule has 2 aliphatic heterocycles. The zero-order chi connectivity index (χ0) is 26.7. The lowest BCUT2D eigenvalue weighted by Crippen LogP contribution is -2.55. The first kappa shape index (κ1) is 30.9. The van der Waals surface area contributed by atoms with Crippen molar-refractivity contribution < 1.29 is 53.2 Å². The molecule has 210 valence electrons. The number of methoxy groups -OCH3 is 3. The molecule has 0 saturated carbocycles. The molecular formula is C22H40N2O12. The van der Waals surface area contributed by atoms with E-state index in [-0.39, 0.29) is 50.7 Å². The largest absolute Gasteiger partial charge is 0.452 e. The van der Waals surface area contributed by atoms with Crippen LogP contribution in [0.2, 0.25) is 0 Å². The normalized spacial score (nSPS) is 35.5. The Morgan fingerprint density at radius 2 is 1.86 bits per heavy atom. The predicted octanol–water partition coefficient (Wildman–Crippen LogP) is -0.249. The molecular weight excluding hydrogens is 484 g/mol. The second-order valence-electron chi connectivity index (χ2n) is 8.88. The van der Waals surface area contributed by atoms with Crippen molar-refractivity contribution in [2.45, 2.75) is 87.8 Å². The molecule has 0 bridgehead atoms. The highest BCUT2D eigenvalue weighted by Crippen LogP contribution is 2.30. The van der Waals surface area contributed by atoms with Gasteiger partial charge in [0.15, 0.2) is 19.0 Å². The first-order valence-corrected chi connectivity index (χ1v) is 11.9. The van der Waals surface area contributed by atoms with Crippen molar-refractivity contribution in [1.82, 2.24) is 0 Å². The number of ether oxygens (including phenoxy) is 8. The van der Waals surface area contributed by atoms with E-state index in [1.54, 1.807) is 7.11 Å². The van der Waals surface area contributed by atoms with Crippen LogP contribution in [0.3, 0.4) is 0 Å². The number of nitrogens with zero attached hydrogens (tertiary/aromatic N) is 1.